The lowest BCUT2D eigenvalue weighted by Crippen LogP contribution is -2.64. The molecule has 3 saturated heterocycles. The molecule has 0 saturated carbocycles. The van der Waals surface area contributed by atoms with Crippen molar-refractivity contribution < 1.29 is 40.8 Å². The van der Waals surface area contributed by atoms with E-state index in [4.69, 9.17) is 9.57 Å². The summed E-state index contributed by atoms with van der Waals surface area (Å²) in [5.74, 6) is -1.95. The maximum absolute atomic E-state index is 13.4. The Morgan fingerprint density at radius 2 is 1.26 bits per heavy atom. The first-order valence-electron chi connectivity index (χ1n) is 16.5. The molecule has 1 spiro atoms. The third-order valence-electron chi connectivity index (χ3n) is 11.1. The van der Waals surface area contributed by atoms with Gasteiger partial charge in [0.25, 0.3) is 11.8 Å². The highest BCUT2D eigenvalue weighted by molar-refractivity contribution is 7.91. The summed E-state index contributed by atoms with van der Waals surface area (Å²) >= 11 is 0. The molecule has 2 amide bonds. The Morgan fingerprint density at radius 3 is 1.74 bits per heavy atom. The van der Waals surface area contributed by atoms with Gasteiger partial charge in [0.15, 0.2) is 19.7 Å². The Morgan fingerprint density at radius 1 is 0.760 bits per heavy atom. The standard InChI is InChI=1S/C35H37N3O9S2Si/c1-48(42,43)25-16-36(17-25)23-7-9-27-30(14-23)50(3,4)31-15-24(37-18-26(19-37)49(2,44)45)8-10-28(31)35(27)29-13-21(5-6-22(29)20-46-35)34(41)47-38-32(39)11-12-33(38)40/h5-10,13-15,25-26H,11-12,16-20H2,1-4H3. The van der Waals surface area contributed by atoms with Crippen molar-refractivity contribution in [2.75, 3.05) is 48.5 Å². The molecular weight excluding hydrogens is 699 g/mol. The summed E-state index contributed by atoms with van der Waals surface area (Å²) in [4.78, 5) is 47.2. The second kappa shape index (κ2) is 11.0. The zero-order valence-electron chi connectivity index (χ0n) is 28.1. The van der Waals surface area contributed by atoms with E-state index in [-0.39, 0.29) is 25.0 Å². The van der Waals surface area contributed by atoms with Crippen LogP contribution in [-0.2, 0) is 51.0 Å². The van der Waals surface area contributed by atoms with Crippen LogP contribution in [0.3, 0.4) is 0 Å². The predicted octanol–water partition coefficient (Wildman–Crippen LogP) is 1.33. The molecule has 0 unspecified atom stereocenters. The molecule has 5 aliphatic heterocycles. The molecule has 0 N–H and O–H groups in total. The molecular formula is C35H37N3O9S2Si. The van der Waals surface area contributed by atoms with Crippen LogP contribution in [0.1, 0.15) is 45.5 Å². The summed E-state index contributed by atoms with van der Waals surface area (Å²) in [6.07, 6.45) is 2.52. The molecule has 0 aliphatic carbocycles. The highest BCUT2D eigenvalue weighted by atomic mass is 32.2. The van der Waals surface area contributed by atoms with Crippen LogP contribution in [0.4, 0.5) is 11.4 Å². The number of hydrogen-bond acceptors (Lipinski definition) is 11. The number of carbonyl (C=O) groups is 3. The zero-order valence-corrected chi connectivity index (χ0v) is 30.8. The van der Waals surface area contributed by atoms with Gasteiger partial charge in [-0.1, -0.05) is 31.3 Å². The van der Waals surface area contributed by atoms with Gasteiger partial charge in [0.2, 0.25) is 0 Å². The van der Waals surface area contributed by atoms with Crippen molar-refractivity contribution in [1.82, 2.24) is 5.06 Å². The summed E-state index contributed by atoms with van der Waals surface area (Å²) in [5, 5.41) is 1.92. The van der Waals surface area contributed by atoms with E-state index in [9.17, 15) is 31.2 Å². The molecule has 3 aromatic rings. The molecule has 3 fully saturated rings. The normalized spacial score (nSPS) is 21.1. The first kappa shape index (κ1) is 33.1. The predicted molar refractivity (Wildman–Crippen MR) is 189 cm³/mol. The Balaban J connectivity index is 1.25. The highest BCUT2D eigenvalue weighted by Crippen LogP contribution is 2.50. The van der Waals surface area contributed by atoms with E-state index in [1.165, 1.54) is 12.5 Å². The number of nitrogens with zero attached hydrogens (tertiary/aromatic N) is 3. The largest absolute Gasteiger partial charge is 0.369 e. The van der Waals surface area contributed by atoms with Crippen LogP contribution in [0, 0.1) is 0 Å². The van der Waals surface area contributed by atoms with Crippen molar-refractivity contribution in [3.05, 3.63) is 82.4 Å². The lowest BCUT2D eigenvalue weighted by molar-refractivity contribution is -0.172. The minimum atomic E-state index is -3.16. The van der Waals surface area contributed by atoms with E-state index in [1.54, 1.807) is 12.1 Å². The Hall–Kier alpha value is -4.05. The van der Waals surface area contributed by atoms with Gasteiger partial charge in [-0.2, -0.15) is 0 Å². The van der Waals surface area contributed by atoms with Crippen LogP contribution in [0.15, 0.2) is 54.6 Å². The van der Waals surface area contributed by atoms with Gasteiger partial charge in [-0.25, -0.2) is 21.6 Å². The number of hydrogen-bond donors (Lipinski definition) is 0. The Bertz CT molecular complexity index is 2130. The van der Waals surface area contributed by atoms with Gasteiger partial charge < -0.3 is 19.4 Å². The average Bonchev–Trinajstić information content (AvgIpc) is 3.53. The van der Waals surface area contributed by atoms with Crippen LogP contribution < -0.4 is 20.2 Å². The number of rotatable bonds is 6. The maximum atomic E-state index is 13.4. The number of carbonyl (C=O) groups excluding carboxylic acids is 3. The van der Waals surface area contributed by atoms with E-state index in [2.05, 4.69) is 47.2 Å². The molecule has 8 rings (SSSR count). The van der Waals surface area contributed by atoms with Crippen molar-refractivity contribution in [2.45, 2.75) is 48.6 Å². The molecule has 12 nitrogen and oxygen atoms in total. The number of hydroxylamine groups is 2. The monoisotopic (exact) mass is 735 g/mol. The highest BCUT2D eigenvalue weighted by Gasteiger charge is 2.54. The van der Waals surface area contributed by atoms with Crippen molar-refractivity contribution in [2.24, 2.45) is 0 Å². The Labute approximate surface area is 291 Å². The third-order valence-corrected chi connectivity index (χ3v) is 17.6. The average molecular weight is 736 g/mol. The number of benzene rings is 3. The molecule has 0 radical (unpaired) electrons. The summed E-state index contributed by atoms with van der Waals surface area (Å²) in [7, 11) is -8.83. The number of sulfone groups is 2. The number of anilines is 2. The lowest BCUT2D eigenvalue weighted by Gasteiger charge is -2.47. The fourth-order valence-electron chi connectivity index (χ4n) is 7.90. The minimum Gasteiger partial charge on any atom is -0.369 e. The number of amides is 2. The SMILES string of the molecule is C[Si]1(C)c2cc(N3CC(S(C)(=O)=O)C3)ccc2C2(OCc3ccc(C(=O)ON4C(=O)CCC4=O)cc32)c2ccc(N3CC(S(C)(=O)=O)C3)cc21. The minimum absolute atomic E-state index is 0.0108. The molecule has 5 aliphatic rings. The fraction of sp³-hybridized carbons (Fsp3) is 0.400. The second-order valence-corrected chi connectivity index (χ2v) is 23.6. The quantitative estimate of drug-likeness (QED) is 0.267. The van der Waals surface area contributed by atoms with E-state index in [0.29, 0.717) is 31.2 Å². The first-order chi connectivity index (χ1) is 23.5. The van der Waals surface area contributed by atoms with Gasteiger partial charge in [-0.05, 0) is 69.0 Å². The molecule has 5 heterocycles. The van der Waals surface area contributed by atoms with Crippen LogP contribution in [-0.4, -0.2) is 96.9 Å². The van der Waals surface area contributed by atoms with E-state index >= 15 is 0 Å². The molecule has 3 aromatic carbocycles. The number of fused-ring (bicyclic) bond motifs is 6. The third kappa shape index (κ3) is 4.95. The first-order valence-corrected chi connectivity index (χ1v) is 23.4. The van der Waals surface area contributed by atoms with Gasteiger partial charge in [-0.15, -0.1) is 5.06 Å². The van der Waals surface area contributed by atoms with Crippen molar-refractivity contribution >= 4 is 67.3 Å². The van der Waals surface area contributed by atoms with Gasteiger partial charge in [0, 0.05) is 62.9 Å². The molecule has 50 heavy (non-hydrogen) atoms. The molecule has 15 heteroatoms. The zero-order chi connectivity index (χ0) is 35.5. The molecule has 0 bridgehead atoms. The van der Waals surface area contributed by atoms with Crippen molar-refractivity contribution in [3.8, 4) is 0 Å². The van der Waals surface area contributed by atoms with Crippen molar-refractivity contribution in [1.29, 1.82) is 0 Å². The molecule has 0 aromatic heterocycles. The van der Waals surface area contributed by atoms with Crippen LogP contribution in [0.25, 0.3) is 0 Å². The molecule has 0 atom stereocenters. The van der Waals surface area contributed by atoms with Gasteiger partial charge in [0.05, 0.1) is 22.7 Å². The van der Waals surface area contributed by atoms with Crippen LogP contribution >= 0.6 is 0 Å². The smallest absolute Gasteiger partial charge is 0.363 e. The second-order valence-electron chi connectivity index (χ2n) is 14.6. The Kier molecular flexibility index (Phi) is 7.27. The summed E-state index contributed by atoms with van der Waals surface area (Å²) in [6.45, 7) is 6.45. The van der Waals surface area contributed by atoms with Gasteiger partial charge in [-0.3, -0.25) is 9.59 Å². The lowest BCUT2D eigenvalue weighted by atomic mass is 9.78. The topological polar surface area (TPSA) is 148 Å². The fourth-order valence-corrected chi connectivity index (χ4v) is 12.9. The summed E-state index contributed by atoms with van der Waals surface area (Å²) in [5.41, 5.74) is 4.41. The number of imide groups is 1. The van der Waals surface area contributed by atoms with Crippen LogP contribution in [0.2, 0.25) is 13.1 Å². The van der Waals surface area contributed by atoms with Crippen LogP contribution in [0.5, 0.6) is 0 Å². The molecule has 262 valence electrons. The van der Waals surface area contributed by atoms with E-state index in [1.807, 2.05) is 18.2 Å². The maximum Gasteiger partial charge on any atom is 0.363 e. The number of ether oxygens (including phenoxy) is 1. The van der Waals surface area contributed by atoms with E-state index in [0.717, 1.165) is 44.0 Å². The van der Waals surface area contributed by atoms with Gasteiger partial charge >= 0.3 is 5.97 Å². The summed E-state index contributed by atoms with van der Waals surface area (Å²) in [6, 6.07) is 17.6. The summed E-state index contributed by atoms with van der Waals surface area (Å²) < 4.78 is 55.7. The van der Waals surface area contributed by atoms with E-state index < -0.39 is 61.6 Å². The van der Waals surface area contributed by atoms with Crippen molar-refractivity contribution in [3.63, 3.8) is 0 Å². The van der Waals surface area contributed by atoms with Gasteiger partial charge in [0.1, 0.15) is 13.7 Å².